The minimum Gasteiger partial charge on any atom is -0.497 e. The summed E-state index contributed by atoms with van der Waals surface area (Å²) in [5, 5.41) is 2.18. The van der Waals surface area contributed by atoms with Crippen LogP contribution >= 0.6 is 11.6 Å². The van der Waals surface area contributed by atoms with Crippen molar-refractivity contribution >= 4 is 28.2 Å². The van der Waals surface area contributed by atoms with Gasteiger partial charge in [-0.3, -0.25) is 4.90 Å². The molecule has 2 aromatic carbocycles. The first-order valence-electron chi connectivity index (χ1n) is 11.6. The molecule has 1 atom stereocenters. The molecule has 0 spiro atoms. The Hall–Kier alpha value is -2.21. The molecule has 1 unspecified atom stereocenters. The van der Waals surface area contributed by atoms with Crippen LogP contribution in [0.25, 0.3) is 10.9 Å². The van der Waals surface area contributed by atoms with E-state index in [1.807, 2.05) is 12.1 Å². The van der Waals surface area contributed by atoms with Crippen molar-refractivity contribution in [3.8, 4) is 5.75 Å². The number of nitrogens with zero attached hydrogens (tertiary/aromatic N) is 3. The summed E-state index contributed by atoms with van der Waals surface area (Å²) in [7, 11) is 6.08. The first-order valence-corrected chi connectivity index (χ1v) is 12.0. The number of likely N-dealkylation sites (N-methyl/N-ethyl adjacent to an activating group) is 1. The van der Waals surface area contributed by atoms with E-state index in [-0.39, 0.29) is 0 Å². The number of aromatic amines is 1. The van der Waals surface area contributed by atoms with E-state index in [0.717, 1.165) is 62.0 Å². The lowest BCUT2D eigenvalue weighted by Crippen LogP contribution is -2.46. The van der Waals surface area contributed by atoms with Gasteiger partial charge in [0.25, 0.3) is 0 Å². The molecule has 32 heavy (non-hydrogen) atoms. The van der Waals surface area contributed by atoms with E-state index in [0.29, 0.717) is 6.04 Å². The Morgan fingerprint density at radius 3 is 2.66 bits per heavy atom. The number of H-pyrrole nitrogens is 1. The monoisotopic (exact) mass is 452 g/mol. The third-order valence-electron chi connectivity index (χ3n) is 7.28. The lowest BCUT2D eigenvalue weighted by molar-refractivity contribution is 0.250. The van der Waals surface area contributed by atoms with Crippen molar-refractivity contribution in [2.24, 2.45) is 0 Å². The summed E-state index contributed by atoms with van der Waals surface area (Å²) in [6.07, 6.45) is 3.53. The van der Waals surface area contributed by atoms with Crippen LogP contribution in [0.5, 0.6) is 5.75 Å². The van der Waals surface area contributed by atoms with Gasteiger partial charge in [0.1, 0.15) is 5.75 Å². The largest absolute Gasteiger partial charge is 0.497 e. The number of rotatable bonds is 5. The molecule has 170 valence electrons. The molecule has 1 saturated heterocycles. The molecule has 6 heteroatoms. The third-order valence-corrected chi connectivity index (χ3v) is 7.58. The van der Waals surface area contributed by atoms with Gasteiger partial charge in [0, 0.05) is 55.9 Å². The molecule has 5 rings (SSSR count). The molecule has 0 saturated carbocycles. The summed E-state index contributed by atoms with van der Waals surface area (Å²) in [5.74, 6) is 0.802. The number of aromatic nitrogens is 1. The van der Waals surface area contributed by atoms with E-state index in [1.54, 1.807) is 7.11 Å². The zero-order valence-corrected chi connectivity index (χ0v) is 20.1. The van der Waals surface area contributed by atoms with Crippen molar-refractivity contribution in [3.63, 3.8) is 0 Å². The second-order valence-corrected chi connectivity index (χ2v) is 9.77. The average Bonchev–Trinajstić information content (AvgIpc) is 3.18. The van der Waals surface area contributed by atoms with Crippen molar-refractivity contribution in [2.75, 3.05) is 52.3 Å². The number of ether oxygens (including phenoxy) is 1. The lowest BCUT2D eigenvalue weighted by Gasteiger charge is -2.36. The fourth-order valence-corrected chi connectivity index (χ4v) is 5.60. The number of para-hydroxylation sites is 1. The molecule has 0 bridgehead atoms. The molecule has 0 radical (unpaired) electrons. The topological polar surface area (TPSA) is 34.7 Å². The van der Waals surface area contributed by atoms with Crippen LogP contribution in [0.1, 0.15) is 23.2 Å². The zero-order chi connectivity index (χ0) is 22.2. The van der Waals surface area contributed by atoms with Gasteiger partial charge < -0.3 is 19.5 Å². The number of hydrogen-bond acceptors (Lipinski definition) is 4. The first kappa shape index (κ1) is 21.6. The van der Waals surface area contributed by atoms with E-state index in [2.05, 4.69) is 58.0 Å². The van der Waals surface area contributed by atoms with Crippen molar-refractivity contribution < 1.29 is 4.74 Å². The zero-order valence-electron chi connectivity index (χ0n) is 19.3. The standard InChI is InChI=1S/C26H33ClN4O/c1-29(2)19-7-9-24-22(15-19)21-6-4-5-18(26(21)28-24)17-30-11-13-31(14-12-30)25-10-8-20(32-3)16-23(25)27/h4-6,8,10,16,19,28H,7,9,11-15,17H2,1-3H3. The Kier molecular flexibility index (Phi) is 6.06. The number of aryl methyl sites for hydroxylation is 1. The van der Waals surface area contributed by atoms with Crippen LogP contribution in [0.4, 0.5) is 5.69 Å². The number of fused-ring (bicyclic) bond motifs is 3. The predicted molar refractivity (Wildman–Crippen MR) is 133 cm³/mol. The summed E-state index contributed by atoms with van der Waals surface area (Å²) in [5.41, 5.74) is 6.84. The maximum atomic E-state index is 6.51. The first-order chi connectivity index (χ1) is 15.5. The SMILES string of the molecule is COc1ccc(N2CCN(Cc3cccc4c5c([nH]c34)CCC(N(C)C)C5)CC2)c(Cl)c1. The summed E-state index contributed by atoms with van der Waals surface area (Å²) >= 11 is 6.51. The highest BCUT2D eigenvalue weighted by Crippen LogP contribution is 2.33. The Labute approximate surface area is 195 Å². The average molecular weight is 453 g/mol. The number of piperazine rings is 1. The van der Waals surface area contributed by atoms with Gasteiger partial charge in [-0.1, -0.05) is 29.8 Å². The van der Waals surface area contributed by atoms with Crippen LogP contribution in [0, 0.1) is 0 Å². The smallest absolute Gasteiger partial charge is 0.120 e. The van der Waals surface area contributed by atoms with Crippen molar-refractivity contribution in [2.45, 2.75) is 31.8 Å². The van der Waals surface area contributed by atoms with E-state index in [4.69, 9.17) is 16.3 Å². The van der Waals surface area contributed by atoms with Crippen LogP contribution in [0.3, 0.4) is 0 Å². The third kappa shape index (κ3) is 4.09. The second-order valence-electron chi connectivity index (χ2n) is 9.36. The van der Waals surface area contributed by atoms with Gasteiger partial charge in [-0.15, -0.1) is 0 Å². The number of nitrogens with one attached hydrogen (secondary N) is 1. The minimum atomic E-state index is 0.642. The normalized spacial score (nSPS) is 19.5. The fraction of sp³-hybridized carbons (Fsp3) is 0.462. The number of hydrogen-bond donors (Lipinski definition) is 1. The van der Waals surface area contributed by atoms with Gasteiger partial charge in [0.15, 0.2) is 0 Å². The molecule has 1 fully saturated rings. The molecule has 5 nitrogen and oxygen atoms in total. The second kappa shape index (κ2) is 8.97. The Morgan fingerprint density at radius 2 is 1.94 bits per heavy atom. The molecular weight excluding hydrogens is 420 g/mol. The maximum Gasteiger partial charge on any atom is 0.120 e. The van der Waals surface area contributed by atoms with Crippen molar-refractivity contribution in [1.29, 1.82) is 0 Å². The number of halogens is 1. The van der Waals surface area contributed by atoms with Gasteiger partial charge in [0.05, 0.1) is 23.3 Å². The number of benzene rings is 2. The van der Waals surface area contributed by atoms with Crippen LogP contribution < -0.4 is 9.64 Å². The summed E-state index contributed by atoms with van der Waals surface area (Å²) in [4.78, 5) is 11.1. The molecule has 1 aliphatic heterocycles. The van der Waals surface area contributed by atoms with Crippen molar-refractivity contribution in [1.82, 2.24) is 14.8 Å². The molecular formula is C26H33ClN4O. The van der Waals surface area contributed by atoms with Crippen LogP contribution in [-0.2, 0) is 19.4 Å². The van der Waals surface area contributed by atoms with Crippen LogP contribution in [0.15, 0.2) is 36.4 Å². The molecule has 3 aromatic rings. The van der Waals surface area contributed by atoms with E-state index in [1.165, 1.54) is 34.1 Å². The fourth-order valence-electron chi connectivity index (χ4n) is 5.31. The highest BCUT2D eigenvalue weighted by molar-refractivity contribution is 6.33. The Balaban J connectivity index is 1.29. The maximum absolute atomic E-state index is 6.51. The van der Waals surface area contributed by atoms with E-state index in [9.17, 15) is 0 Å². The van der Waals surface area contributed by atoms with Gasteiger partial charge >= 0.3 is 0 Å². The molecule has 2 aliphatic rings. The van der Waals surface area contributed by atoms with Gasteiger partial charge in [0.2, 0.25) is 0 Å². The highest BCUT2D eigenvalue weighted by Gasteiger charge is 2.25. The summed E-state index contributed by atoms with van der Waals surface area (Å²) in [6, 6.07) is 13.4. The Bertz CT molecular complexity index is 1100. The molecule has 1 aromatic heterocycles. The summed E-state index contributed by atoms with van der Waals surface area (Å²) < 4.78 is 5.29. The molecule has 1 aliphatic carbocycles. The van der Waals surface area contributed by atoms with Gasteiger partial charge in [-0.05, 0) is 56.6 Å². The van der Waals surface area contributed by atoms with E-state index >= 15 is 0 Å². The van der Waals surface area contributed by atoms with Crippen LogP contribution in [0.2, 0.25) is 5.02 Å². The minimum absolute atomic E-state index is 0.642. The summed E-state index contributed by atoms with van der Waals surface area (Å²) in [6.45, 7) is 5.00. The molecule has 2 heterocycles. The predicted octanol–water partition coefficient (Wildman–Crippen LogP) is 4.57. The number of anilines is 1. The van der Waals surface area contributed by atoms with Gasteiger partial charge in [-0.2, -0.15) is 0 Å². The molecule has 1 N–H and O–H groups in total. The Morgan fingerprint density at radius 1 is 1.12 bits per heavy atom. The van der Waals surface area contributed by atoms with Gasteiger partial charge in [-0.25, -0.2) is 0 Å². The number of methoxy groups -OCH3 is 1. The van der Waals surface area contributed by atoms with Crippen LogP contribution in [-0.4, -0.2) is 68.2 Å². The van der Waals surface area contributed by atoms with E-state index < -0.39 is 0 Å². The highest BCUT2D eigenvalue weighted by atomic mass is 35.5. The lowest BCUT2D eigenvalue weighted by atomic mass is 9.90. The van der Waals surface area contributed by atoms with Crippen molar-refractivity contribution in [3.05, 3.63) is 58.2 Å². The quantitative estimate of drug-likeness (QED) is 0.615. The molecule has 0 amide bonds.